The molecule has 5 nitrogen and oxygen atoms in total. The Labute approximate surface area is 179 Å². The van der Waals surface area contributed by atoms with E-state index in [0.29, 0.717) is 20.0 Å². The molecular weight excluding hydrogens is 436 g/mol. The van der Waals surface area contributed by atoms with E-state index in [1.54, 1.807) is 19.9 Å². The molecular formula is C21H24F4N2O3S. The van der Waals surface area contributed by atoms with Gasteiger partial charge in [-0.15, -0.1) is 0 Å². The first-order chi connectivity index (χ1) is 14.2. The number of benzene rings is 2. The molecule has 1 aliphatic rings. The molecule has 2 atom stereocenters. The van der Waals surface area contributed by atoms with Gasteiger partial charge in [-0.3, -0.25) is 0 Å². The zero-order chi connectivity index (χ0) is 23.2. The van der Waals surface area contributed by atoms with E-state index < -0.39 is 33.4 Å². The van der Waals surface area contributed by atoms with Crippen molar-refractivity contribution in [1.29, 1.82) is 0 Å². The van der Waals surface area contributed by atoms with Crippen LogP contribution in [0, 0.1) is 12.7 Å². The molecule has 2 aromatic carbocycles. The first kappa shape index (κ1) is 23.5. The predicted octanol–water partition coefficient (Wildman–Crippen LogP) is 3.80. The second-order valence-corrected chi connectivity index (χ2v) is 9.83. The molecule has 1 heterocycles. The lowest BCUT2D eigenvalue weighted by molar-refractivity contribution is -0.258. The van der Waals surface area contributed by atoms with Crippen LogP contribution in [-0.2, 0) is 15.6 Å². The first-order valence-electron chi connectivity index (χ1n) is 9.68. The maximum atomic E-state index is 13.4. The van der Waals surface area contributed by atoms with E-state index in [4.69, 9.17) is 0 Å². The Morgan fingerprint density at radius 1 is 1.10 bits per heavy atom. The number of hydrogen-bond acceptors (Lipinski definition) is 4. The highest BCUT2D eigenvalue weighted by Gasteiger charge is 2.51. The Kier molecular flexibility index (Phi) is 6.11. The van der Waals surface area contributed by atoms with Crippen LogP contribution in [0.3, 0.4) is 0 Å². The number of piperazine rings is 1. The van der Waals surface area contributed by atoms with Crippen molar-refractivity contribution in [3.05, 3.63) is 59.4 Å². The van der Waals surface area contributed by atoms with Crippen LogP contribution in [0.15, 0.2) is 47.4 Å². The molecule has 3 rings (SSSR count). The molecule has 1 unspecified atom stereocenters. The number of sulfonamides is 1. The van der Waals surface area contributed by atoms with Crippen LogP contribution in [0.1, 0.15) is 25.0 Å². The molecule has 0 radical (unpaired) electrons. The van der Waals surface area contributed by atoms with Crippen LogP contribution >= 0.6 is 0 Å². The van der Waals surface area contributed by atoms with E-state index in [9.17, 15) is 31.1 Å². The van der Waals surface area contributed by atoms with E-state index in [2.05, 4.69) is 0 Å². The van der Waals surface area contributed by atoms with Crippen molar-refractivity contribution in [2.24, 2.45) is 0 Å². The summed E-state index contributed by atoms with van der Waals surface area (Å²) in [5, 5.41) is 9.91. The number of hydrogen-bond donors (Lipinski definition) is 1. The topological polar surface area (TPSA) is 60.9 Å². The average Bonchev–Trinajstić information content (AvgIpc) is 2.67. The maximum Gasteiger partial charge on any atom is 0.421 e. The highest BCUT2D eigenvalue weighted by Crippen LogP contribution is 2.39. The Bertz CT molecular complexity index is 1070. The van der Waals surface area contributed by atoms with Gasteiger partial charge >= 0.3 is 6.18 Å². The summed E-state index contributed by atoms with van der Waals surface area (Å²) in [5.41, 5.74) is -2.20. The lowest BCUT2D eigenvalue weighted by Gasteiger charge is -2.40. The molecule has 0 aliphatic carbocycles. The van der Waals surface area contributed by atoms with E-state index in [-0.39, 0.29) is 17.3 Å². The fraction of sp³-hybridized carbons (Fsp3) is 0.429. The van der Waals surface area contributed by atoms with Crippen molar-refractivity contribution in [1.82, 2.24) is 4.31 Å². The molecule has 31 heavy (non-hydrogen) atoms. The number of halogens is 4. The van der Waals surface area contributed by atoms with Crippen LogP contribution in [0.4, 0.5) is 23.2 Å². The van der Waals surface area contributed by atoms with Crippen LogP contribution in [0.5, 0.6) is 0 Å². The molecule has 0 bridgehead atoms. The number of alkyl halides is 3. The van der Waals surface area contributed by atoms with E-state index in [1.165, 1.54) is 28.6 Å². The van der Waals surface area contributed by atoms with Crippen molar-refractivity contribution >= 4 is 15.7 Å². The van der Waals surface area contributed by atoms with E-state index in [1.807, 2.05) is 4.90 Å². The molecule has 2 aromatic rings. The van der Waals surface area contributed by atoms with Gasteiger partial charge in [0, 0.05) is 31.4 Å². The lowest BCUT2D eigenvalue weighted by atomic mass is 9.96. The number of rotatable bonds is 4. The minimum Gasteiger partial charge on any atom is -0.376 e. The predicted molar refractivity (Wildman–Crippen MR) is 109 cm³/mol. The third-order valence-corrected chi connectivity index (χ3v) is 7.63. The Morgan fingerprint density at radius 2 is 1.77 bits per heavy atom. The van der Waals surface area contributed by atoms with Crippen LogP contribution in [0.2, 0.25) is 0 Å². The quantitative estimate of drug-likeness (QED) is 0.706. The molecule has 0 amide bonds. The number of anilines is 1. The van der Waals surface area contributed by atoms with Gasteiger partial charge in [0.05, 0.1) is 4.90 Å². The van der Waals surface area contributed by atoms with Crippen molar-refractivity contribution < 1.29 is 31.1 Å². The van der Waals surface area contributed by atoms with Gasteiger partial charge in [-0.2, -0.15) is 17.5 Å². The van der Waals surface area contributed by atoms with Gasteiger partial charge in [-0.1, -0.05) is 12.1 Å². The molecule has 1 fully saturated rings. The summed E-state index contributed by atoms with van der Waals surface area (Å²) < 4.78 is 80.5. The van der Waals surface area contributed by atoms with Gasteiger partial charge in [-0.25, -0.2) is 12.8 Å². The second-order valence-electron chi connectivity index (χ2n) is 7.94. The fourth-order valence-corrected chi connectivity index (χ4v) is 5.41. The molecule has 0 aromatic heterocycles. The van der Waals surface area contributed by atoms with Gasteiger partial charge in [0.2, 0.25) is 10.0 Å². The molecule has 1 N–H and O–H groups in total. The highest BCUT2D eigenvalue weighted by molar-refractivity contribution is 7.89. The van der Waals surface area contributed by atoms with Crippen molar-refractivity contribution in [2.75, 3.05) is 24.5 Å². The van der Waals surface area contributed by atoms with Crippen LogP contribution < -0.4 is 4.90 Å². The molecule has 1 aliphatic heterocycles. The van der Waals surface area contributed by atoms with Gasteiger partial charge in [0.25, 0.3) is 0 Å². The summed E-state index contributed by atoms with van der Waals surface area (Å²) in [6.45, 7) is 4.86. The van der Waals surface area contributed by atoms with E-state index in [0.717, 1.165) is 23.4 Å². The van der Waals surface area contributed by atoms with Gasteiger partial charge in [-0.05, 0) is 62.2 Å². The average molecular weight is 460 g/mol. The van der Waals surface area contributed by atoms with Crippen molar-refractivity contribution in [3.8, 4) is 0 Å². The number of aryl methyl sites for hydroxylation is 1. The van der Waals surface area contributed by atoms with Crippen molar-refractivity contribution in [2.45, 2.75) is 43.5 Å². The second kappa shape index (κ2) is 8.07. The van der Waals surface area contributed by atoms with Gasteiger partial charge < -0.3 is 10.0 Å². The van der Waals surface area contributed by atoms with E-state index >= 15 is 0 Å². The highest BCUT2D eigenvalue weighted by atomic mass is 32.2. The Hall–Kier alpha value is -2.17. The number of nitrogens with zero attached hydrogens (tertiary/aromatic N) is 2. The normalized spacial score (nSPS) is 20.5. The molecule has 0 saturated carbocycles. The minimum atomic E-state index is -4.96. The smallest absolute Gasteiger partial charge is 0.376 e. The third kappa shape index (κ3) is 4.42. The lowest BCUT2D eigenvalue weighted by Crippen LogP contribution is -2.54. The molecule has 170 valence electrons. The number of aliphatic hydroxyl groups is 1. The third-order valence-electron chi connectivity index (χ3n) is 5.62. The largest absolute Gasteiger partial charge is 0.421 e. The first-order valence-corrected chi connectivity index (χ1v) is 11.1. The molecule has 10 heteroatoms. The summed E-state index contributed by atoms with van der Waals surface area (Å²) in [5.74, 6) is -0.356. The SMILES string of the molecule is Cc1cc(F)ccc1N1CCN(S(=O)(=O)c2cccc(C(C)(O)C(F)(F)F)c2)[C@H](C)C1. The van der Waals surface area contributed by atoms with Crippen molar-refractivity contribution in [3.63, 3.8) is 0 Å². The summed E-state index contributed by atoms with van der Waals surface area (Å²) in [4.78, 5) is 1.64. The molecule has 0 spiro atoms. The summed E-state index contributed by atoms with van der Waals surface area (Å²) in [7, 11) is -4.09. The Balaban J connectivity index is 1.86. The standard InChI is InChI=1S/C21H24F4N2O3S/c1-14-11-17(22)7-8-19(14)26-9-10-27(15(2)13-26)31(29,30)18-6-4-5-16(12-18)20(3,28)21(23,24)25/h4-8,11-12,15,28H,9-10,13H2,1-3H3/t15-,20?/m1/s1. The van der Waals surface area contributed by atoms with Gasteiger partial charge in [0.1, 0.15) is 5.82 Å². The fourth-order valence-electron chi connectivity index (χ4n) is 3.75. The monoisotopic (exact) mass is 460 g/mol. The molecule has 1 saturated heterocycles. The summed E-state index contributed by atoms with van der Waals surface area (Å²) >= 11 is 0. The maximum absolute atomic E-state index is 13.4. The summed E-state index contributed by atoms with van der Waals surface area (Å²) in [6.07, 6.45) is -4.96. The Morgan fingerprint density at radius 3 is 2.35 bits per heavy atom. The minimum absolute atomic E-state index is 0.111. The van der Waals surface area contributed by atoms with Crippen LogP contribution in [-0.4, -0.2) is 49.7 Å². The van der Waals surface area contributed by atoms with Crippen LogP contribution in [0.25, 0.3) is 0 Å². The van der Waals surface area contributed by atoms with Gasteiger partial charge in [0.15, 0.2) is 5.60 Å². The zero-order valence-corrected chi connectivity index (χ0v) is 18.1. The summed E-state index contributed by atoms with van der Waals surface area (Å²) in [6, 6.07) is 8.23. The zero-order valence-electron chi connectivity index (χ0n) is 17.3.